The lowest BCUT2D eigenvalue weighted by atomic mass is 10.1. The molecule has 4 nitrogen and oxygen atoms in total. The van der Waals surface area contributed by atoms with Crippen LogP contribution in [0.4, 0.5) is 5.69 Å². The van der Waals surface area contributed by atoms with Gasteiger partial charge in [-0.15, -0.1) is 0 Å². The minimum Gasteiger partial charge on any atom is -0.508 e. The molecule has 1 N–H and O–H groups in total. The standard InChI is InChI=1S/C20H19NO3S/c22-19-11-13-20(14-12-19)25(23,24)21(18-9-5-2-6-10-18)16-15-17-7-3-1-4-8-17/h1-14,22H,15-16H2. The van der Waals surface area contributed by atoms with E-state index in [9.17, 15) is 13.5 Å². The monoisotopic (exact) mass is 353 g/mol. The highest BCUT2D eigenvalue weighted by atomic mass is 32.2. The minimum atomic E-state index is -3.72. The lowest BCUT2D eigenvalue weighted by Crippen LogP contribution is -2.33. The maximum absolute atomic E-state index is 13.1. The second kappa shape index (κ2) is 7.40. The van der Waals surface area contributed by atoms with Gasteiger partial charge in [-0.1, -0.05) is 48.5 Å². The van der Waals surface area contributed by atoms with E-state index in [-0.39, 0.29) is 10.6 Å². The quantitative estimate of drug-likeness (QED) is 0.733. The molecule has 0 aliphatic carbocycles. The lowest BCUT2D eigenvalue weighted by Gasteiger charge is -2.24. The molecule has 0 fully saturated rings. The van der Waals surface area contributed by atoms with Crippen LogP contribution in [0.1, 0.15) is 5.56 Å². The lowest BCUT2D eigenvalue weighted by molar-refractivity contribution is 0.475. The van der Waals surface area contributed by atoms with Gasteiger partial charge in [0.25, 0.3) is 10.0 Å². The van der Waals surface area contributed by atoms with Gasteiger partial charge in [0.2, 0.25) is 0 Å². The summed E-state index contributed by atoms with van der Waals surface area (Å²) in [6.07, 6.45) is 0.604. The van der Waals surface area contributed by atoms with Crippen LogP contribution in [0.3, 0.4) is 0 Å². The Morgan fingerprint density at radius 3 is 1.92 bits per heavy atom. The molecule has 3 rings (SSSR count). The highest BCUT2D eigenvalue weighted by molar-refractivity contribution is 7.92. The molecule has 5 heteroatoms. The van der Waals surface area contributed by atoms with Gasteiger partial charge >= 0.3 is 0 Å². The summed E-state index contributed by atoms with van der Waals surface area (Å²) in [5.74, 6) is 0.0366. The summed E-state index contributed by atoms with van der Waals surface area (Å²) < 4.78 is 27.6. The molecule has 3 aromatic carbocycles. The third-order valence-corrected chi connectivity index (χ3v) is 5.76. The van der Waals surface area contributed by atoms with E-state index in [4.69, 9.17) is 0 Å². The first-order chi connectivity index (χ1) is 12.1. The number of hydrogen-bond donors (Lipinski definition) is 1. The van der Waals surface area contributed by atoms with Crippen LogP contribution >= 0.6 is 0 Å². The average molecular weight is 353 g/mol. The van der Waals surface area contributed by atoms with Crippen molar-refractivity contribution in [3.05, 3.63) is 90.5 Å². The second-order valence-corrected chi connectivity index (χ2v) is 7.50. The Morgan fingerprint density at radius 2 is 1.32 bits per heavy atom. The van der Waals surface area contributed by atoms with Crippen molar-refractivity contribution in [2.45, 2.75) is 11.3 Å². The van der Waals surface area contributed by atoms with Crippen molar-refractivity contribution in [3.63, 3.8) is 0 Å². The molecule has 0 aromatic heterocycles. The van der Waals surface area contributed by atoms with Crippen LogP contribution in [-0.2, 0) is 16.4 Å². The Balaban J connectivity index is 1.94. The zero-order chi connectivity index (χ0) is 17.7. The predicted molar refractivity (Wildman–Crippen MR) is 99.2 cm³/mol. The SMILES string of the molecule is O=S(=O)(c1ccc(O)cc1)N(CCc1ccccc1)c1ccccc1. The Hall–Kier alpha value is -2.79. The van der Waals surface area contributed by atoms with Crippen molar-refractivity contribution in [2.75, 3.05) is 10.8 Å². The van der Waals surface area contributed by atoms with Crippen molar-refractivity contribution >= 4 is 15.7 Å². The molecule has 0 atom stereocenters. The number of aromatic hydroxyl groups is 1. The van der Waals surface area contributed by atoms with Crippen molar-refractivity contribution in [2.24, 2.45) is 0 Å². The van der Waals surface area contributed by atoms with Crippen LogP contribution < -0.4 is 4.31 Å². The molecule has 0 bridgehead atoms. The largest absolute Gasteiger partial charge is 0.508 e. The molecule has 0 heterocycles. The summed E-state index contributed by atoms with van der Waals surface area (Å²) in [4.78, 5) is 0.155. The van der Waals surface area contributed by atoms with Gasteiger partial charge in [-0.05, 0) is 48.4 Å². The second-order valence-electron chi connectivity index (χ2n) is 5.64. The fourth-order valence-electron chi connectivity index (χ4n) is 2.60. The third kappa shape index (κ3) is 4.00. The zero-order valence-electron chi connectivity index (χ0n) is 13.6. The molecule has 0 aliphatic heterocycles. The van der Waals surface area contributed by atoms with Crippen molar-refractivity contribution in [3.8, 4) is 5.75 Å². The Labute approximate surface area is 148 Å². The smallest absolute Gasteiger partial charge is 0.264 e. The topological polar surface area (TPSA) is 57.6 Å². The van der Waals surface area contributed by atoms with E-state index in [1.807, 2.05) is 48.5 Å². The Kier molecular flexibility index (Phi) is 5.05. The third-order valence-electron chi connectivity index (χ3n) is 3.92. The van der Waals surface area contributed by atoms with E-state index in [0.29, 0.717) is 18.7 Å². The molecule has 3 aromatic rings. The van der Waals surface area contributed by atoms with Crippen LogP contribution in [0.15, 0.2) is 89.8 Å². The number of nitrogens with zero attached hydrogens (tertiary/aromatic N) is 1. The maximum Gasteiger partial charge on any atom is 0.264 e. The number of rotatable bonds is 6. The van der Waals surface area contributed by atoms with E-state index in [2.05, 4.69) is 0 Å². The van der Waals surface area contributed by atoms with Crippen LogP contribution in [0.2, 0.25) is 0 Å². The molecule has 0 aliphatic rings. The van der Waals surface area contributed by atoms with Crippen molar-refractivity contribution < 1.29 is 13.5 Å². The van der Waals surface area contributed by atoms with Gasteiger partial charge in [0, 0.05) is 6.54 Å². The molecule has 128 valence electrons. The van der Waals surface area contributed by atoms with Crippen LogP contribution in [0.25, 0.3) is 0 Å². The van der Waals surface area contributed by atoms with E-state index < -0.39 is 10.0 Å². The van der Waals surface area contributed by atoms with Gasteiger partial charge in [-0.3, -0.25) is 4.31 Å². The first kappa shape index (κ1) is 17.0. The molecule has 25 heavy (non-hydrogen) atoms. The first-order valence-electron chi connectivity index (χ1n) is 7.98. The van der Waals surface area contributed by atoms with Crippen molar-refractivity contribution in [1.29, 1.82) is 0 Å². The summed E-state index contributed by atoms with van der Waals surface area (Å²) in [5, 5.41) is 9.42. The molecular weight excluding hydrogens is 334 g/mol. The fourth-order valence-corrected chi connectivity index (χ4v) is 4.07. The molecule has 0 unspecified atom stereocenters. The number of phenols is 1. The number of para-hydroxylation sites is 1. The Morgan fingerprint density at radius 1 is 0.760 bits per heavy atom. The van der Waals surface area contributed by atoms with Gasteiger partial charge < -0.3 is 5.11 Å². The highest BCUT2D eigenvalue weighted by Gasteiger charge is 2.24. The summed E-state index contributed by atoms with van der Waals surface area (Å²) in [7, 11) is -3.72. The summed E-state index contributed by atoms with van der Waals surface area (Å²) in [5.41, 5.74) is 1.69. The average Bonchev–Trinajstić information content (AvgIpc) is 2.64. The van der Waals surface area contributed by atoms with Crippen LogP contribution in [0, 0.1) is 0 Å². The number of sulfonamides is 1. The van der Waals surface area contributed by atoms with Crippen molar-refractivity contribution in [1.82, 2.24) is 0 Å². The number of hydrogen-bond acceptors (Lipinski definition) is 3. The van der Waals surface area contributed by atoms with Gasteiger partial charge in [-0.25, -0.2) is 8.42 Å². The van der Waals surface area contributed by atoms with Gasteiger partial charge in [0.1, 0.15) is 5.75 Å². The maximum atomic E-state index is 13.1. The molecule has 0 radical (unpaired) electrons. The highest BCUT2D eigenvalue weighted by Crippen LogP contribution is 2.25. The van der Waals surface area contributed by atoms with E-state index in [1.165, 1.54) is 28.6 Å². The van der Waals surface area contributed by atoms with E-state index in [0.717, 1.165) is 5.56 Å². The summed E-state index contributed by atoms with van der Waals surface area (Å²) in [6, 6.07) is 24.4. The minimum absolute atomic E-state index is 0.0366. The van der Waals surface area contributed by atoms with Crippen LogP contribution in [0.5, 0.6) is 5.75 Å². The number of phenolic OH excluding ortho intramolecular Hbond substituents is 1. The molecule has 0 saturated heterocycles. The summed E-state index contributed by atoms with van der Waals surface area (Å²) in [6.45, 7) is 0.331. The first-order valence-corrected chi connectivity index (χ1v) is 9.42. The molecule has 0 amide bonds. The zero-order valence-corrected chi connectivity index (χ0v) is 14.4. The van der Waals surface area contributed by atoms with E-state index in [1.54, 1.807) is 12.1 Å². The molecule has 0 spiro atoms. The Bertz CT molecular complexity index is 908. The normalized spacial score (nSPS) is 11.2. The van der Waals surface area contributed by atoms with E-state index >= 15 is 0 Å². The van der Waals surface area contributed by atoms with Gasteiger partial charge in [0.05, 0.1) is 10.6 Å². The fraction of sp³-hybridized carbons (Fsp3) is 0.100. The predicted octanol–water partition coefficient (Wildman–Crippen LogP) is 3.83. The number of anilines is 1. The molecule has 0 saturated carbocycles. The van der Waals surface area contributed by atoms with Gasteiger partial charge in [-0.2, -0.15) is 0 Å². The van der Waals surface area contributed by atoms with Gasteiger partial charge in [0.15, 0.2) is 0 Å². The summed E-state index contributed by atoms with van der Waals surface area (Å²) >= 11 is 0. The van der Waals surface area contributed by atoms with Crippen LogP contribution in [-0.4, -0.2) is 20.1 Å². The molecular formula is C20H19NO3S. The number of benzene rings is 3.